The zero-order valence-electron chi connectivity index (χ0n) is 12.5. The van der Waals surface area contributed by atoms with Gasteiger partial charge in [-0.25, -0.2) is 0 Å². The molecule has 2 N–H and O–H groups in total. The van der Waals surface area contributed by atoms with Crippen molar-refractivity contribution >= 4 is 17.4 Å². The van der Waals surface area contributed by atoms with Crippen molar-refractivity contribution in [1.29, 1.82) is 0 Å². The average Bonchev–Trinajstić information content (AvgIpc) is 2.79. The second kappa shape index (κ2) is 5.07. The van der Waals surface area contributed by atoms with Crippen molar-refractivity contribution < 1.29 is 14.7 Å². The number of carbonyl (C=O) groups excluding carboxylic acids is 2. The highest BCUT2D eigenvalue weighted by atomic mass is 16.3. The second-order valence-electron chi connectivity index (χ2n) is 5.72. The van der Waals surface area contributed by atoms with Gasteiger partial charge in [0.15, 0.2) is 11.4 Å². The normalized spacial score (nSPS) is 21.1. The molecule has 2 aromatic carbocycles. The van der Waals surface area contributed by atoms with Crippen molar-refractivity contribution in [2.75, 3.05) is 5.32 Å². The fourth-order valence-electron chi connectivity index (χ4n) is 2.89. The van der Waals surface area contributed by atoms with Gasteiger partial charge in [-0.15, -0.1) is 0 Å². The summed E-state index contributed by atoms with van der Waals surface area (Å²) in [4.78, 5) is 25.0. The third-order valence-electron chi connectivity index (χ3n) is 4.26. The van der Waals surface area contributed by atoms with E-state index >= 15 is 0 Å². The number of ketones is 1. The first kappa shape index (κ1) is 14.5. The average molecular weight is 295 g/mol. The van der Waals surface area contributed by atoms with Crippen molar-refractivity contribution in [1.82, 2.24) is 0 Å². The number of rotatable bonds is 3. The standard InChI is InChI=1S/C18H17NO3/c1-11-8-9-15-14(10-11)18(22,17(21)19-15)12(2)16(20)13-6-4-3-5-7-13/h3-10,12,22H,1-2H3,(H,19,21)/t12-,18-/m1/s1. The van der Waals surface area contributed by atoms with Crippen LogP contribution in [0.5, 0.6) is 0 Å². The van der Waals surface area contributed by atoms with Crippen molar-refractivity contribution in [2.24, 2.45) is 5.92 Å². The molecule has 0 unspecified atom stereocenters. The Kier molecular flexibility index (Phi) is 3.34. The molecule has 3 rings (SSSR count). The third-order valence-corrected chi connectivity index (χ3v) is 4.26. The lowest BCUT2D eigenvalue weighted by atomic mass is 9.79. The number of Topliss-reactive ketones (excluding diaryl/α,β-unsaturated/α-hetero) is 1. The van der Waals surface area contributed by atoms with Crippen LogP contribution in [-0.4, -0.2) is 16.8 Å². The van der Waals surface area contributed by atoms with Gasteiger partial charge in [0.05, 0.1) is 5.92 Å². The van der Waals surface area contributed by atoms with Crippen LogP contribution >= 0.6 is 0 Å². The lowest BCUT2D eigenvalue weighted by Crippen LogP contribution is -2.44. The highest BCUT2D eigenvalue weighted by Gasteiger charge is 2.51. The lowest BCUT2D eigenvalue weighted by molar-refractivity contribution is -0.137. The molecule has 1 amide bonds. The van der Waals surface area contributed by atoms with Crippen LogP contribution in [0, 0.1) is 12.8 Å². The fraction of sp³-hybridized carbons (Fsp3) is 0.222. The maximum atomic E-state index is 12.6. The minimum absolute atomic E-state index is 0.257. The summed E-state index contributed by atoms with van der Waals surface area (Å²) in [5, 5.41) is 13.7. The van der Waals surface area contributed by atoms with E-state index in [0.29, 0.717) is 16.8 Å². The Morgan fingerprint density at radius 2 is 1.86 bits per heavy atom. The van der Waals surface area contributed by atoms with E-state index in [-0.39, 0.29) is 5.78 Å². The monoisotopic (exact) mass is 295 g/mol. The maximum Gasteiger partial charge on any atom is 0.261 e. The highest BCUT2D eigenvalue weighted by molar-refractivity contribution is 6.10. The van der Waals surface area contributed by atoms with E-state index in [1.165, 1.54) is 0 Å². The summed E-state index contributed by atoms with van der Waals surface area (Å²) in [7, 11) is 0. The number of hydrogen-bond donors (Lipinski definition) is 2. The van der Waals surface area contributed by atoms with Crippen molar-refractivity contribution in [2.45, 2.75) is 19.4 Å². The second-order valence-corrected chi connectivity index (χ2v) is 5.72. The minimum Gasteiger partial charge on any atom is -0.375 e. The summed E-state index contributed by atoms with van der Waals surface area (Å²) in [5.74, 6) is -1.68. The third kappa shape index (κ3) is 2.04. The van der Waals surface area contributed by atoms with Crippen molar-refractivity contribution in [3.8, 4) is 0 Å². The number of carbonyl (C=O) groups is 2. The number of nitrogens with one attached hydrogen (secondary N) is 1. The molecule has 0 radical (unpaired) electrons. The first-order chi connectivity index (χ1) is 10.4. The maximum absolute atomic E-state index is 12.6. The van der Waals surface area contributed by atoms with E-state index in [9.17, 15) is 14.7 Å². The zero-order chi connectivity index (χ0) is 15.9. The van der Waals surface area contributed by atoms with E-state index in [2.05, 4.69) is 5.32 Å². The smallest absolute Gasteiger partial charge is 0.261 e. The van der Waals surface area contributed by atoms with Gasteiger partial charge in [-0.1, -0.05) is 55.0 Å². The number of aliphatic hydroxyl groups is 1. The molecular weight excluding hydrogens is 278 g/mol. The Hall–Kier alpha value is -2.46. The Bertz CT molecular complexity index is 754. The molecule has 0 saturated heterocycles. The quantitative estimate of drug-likeness (QED) is 0.856. The molecule has 2 aromatic rings. The molecular formula is C18H17NO3. The number of anilines is 1. The van der Waals surface area contributed by atoms with Crippen LogP contribution in [0.25, 0.3) is 0 Å². The minimum atomic E-state index is -1.84. The number of fused-ring (bicyclic) bond motifs is 1. The molecule has 0 spiro atoms. The first-order valence-corrected chi connectivity index (χ1v) is 7.19. The zero-order valence-corrected chi connectivity index (χ0v) is 12.5. The van der Waals surface area contributed by atoms with E-state index in [4.69, 9.17) is 0 Å². The fourth-order valence-corrected chi connectivity index (χ4v) is 2.89. The van der Waals surface area contributed by atoms with Gasteiger partial charge in [-0.3, -0.25) is 9.59 Å². The molecule has 1 heterocycles. The van der Waals surface area contributed by atoms with Gasteiger partial charge in [-0.05, 0) is 13.0 Å². The molecule has 1 aliphatic rings. The Morgan fingerprint density at radius 1 is 1.18 bits per heavy atom. The lowest BCUT2D eigenvalue weighted by Gasteiger charge is -2.27. The Balaban J connectivity index is 2.05. The molecule has 4 heteroatoms. The first-order valence-electron chi connectivity index (χ1n) is 7.19. The van der Waals surface area contributed by atoms with Crippen LogP contribution in [0.3, 0.4) is 0 Å². The van der Waals surface area contributed by atoms with Crippen LogP contribution in [0.4, 0.5) is 5.69 Å². The van der Waals surface area contributed by atoms with E-state index in [1.807, 2.05) is 19.1 Å². The molecule has 0 fully saturated rings. The van der Waals surface area contributed by atoms with Crippen LogP contribution in [-0.2, 0) is 10.4 Å². The van der Waals surface area contributed by atoms with Crippen LogP contribution < -0.4 is 5.32 Å². The largest absolute Gasteiger partial charge is 0.375 e. The Labute approximate surface area is 128 Å². The highest BCUT2D eigenvalue weighted by Crippen LogP contribution is 2.42. The summed E-state index contributed by atoms with van der Waals surface area (Å²) < 4.78 is 0. The van der Waals surface area contributed by atoms with Gasteiger partial charge in [0.25, 0.3) is 5.91 Å². The molecule has 0 aromatic heterocycles. The van der Waals surface area contributed by atoms with Crippen LogP contribution in [0.1, 0.15) is 28.4 Å². The molecule has 112 valence electrons. The molecule has 22 heavy (non-hydrogen) atoms. The predicted molar refractivity (Wildman–Crippen MR) is 83.6 cm³/mol. The van der Waals surface area contributed by atoms with Crippen molar-refractivity contribution in [3.63, 3.8) is 0 Å². The number of amides is 1. The van der Waals surface area contributed by atoms with E-state index < -0.39 is 17.4 Å². The van der Waals surface area contributed by atoms with Crippen molar-refractivity contribution in [3.05, 3.63) is 65.2 Å². The molecule has 1 aliphatic heterocycles. The predicted octanol–water partition coefficient (Wildman–Crippen LogP) is 2.65. The van der Waals surface area contributed by atoms with Gasteiger partial charge in [-0.2, -0.15) is 0 Å². The Morgan fingerprint density at radius 3 is 2.55 bits per heavy atom. The topological polar surface area (TPSA) is 66.4 Å². The van der Waals surface area contributed by atoms with Gasteiger partial charge in [0.2, 0.25) is 0 Å². The van der Waals surface area contributed by atoms with Crippen LogP contribution in [0.2, 0.25) is 0 Å². The molecule has 0 bridgehead atoms. The summed E-state index contributed by atoms with van der Waals surface area (Å²) in [6, 6.07) is 14.1. The van der Waals surface area contributed by atoms with E-state index in [1.54, 1.807) is 43.3 Å². The van der Waals surface area contributed by atoms with Gasteiger partial charge < -0.3 is 10.4 Å². The SMILES string of the molecule is Cc1ccc2c(c1)[C@](O)([C@H](C)C(=O)c1ccccc1)C(=O)N2. The van der Waals surface area contributed by atoms with Gasteiger partial charge in [0.1, 0.15) is 0 Å². The van der Waals surface area contributed by atoms with Crippen LogP contribution in [0.15, 0.2) is 48.5 Å². The van der Waals surface area contributed by atoms with Gasteiger partial charge in [0, 0.05) is 16.8 Å². The summed E-state index contributed by atoms with van der Waals surface area (Å²) in [6.45, 7) is 3.47. The summed E-state index contributed by atoms with van der Waals surface area (Å²) in [6.07, 6.45) is 0. The van der Waals surface area contributed by atoms with E-state index in [0.717, 1.165) is 5.56 Å². The summed E-state index contributed by atoms with van der Waals surface area (Å²) >= 11 is 0. The van der Waals surface area contributed by atoms with Gasteiger partial charge >= 0.3 is 0 Å². The molecule has 4 nitrogen and oxygen atoms in total. The summed E-state index contributed by atoms with van der Waals surface area (Å²) in [5.41, 5.74) is 0.597. The molecule has 2 atom stereocenters. The molecule has 0 saturated carbocycles. The number of aryl methyl sites for hydroxylation is 1. The number of hydrogen-bond acceptors (Lipinski definition) is 3. The number of benzene rings is 2. The molecule has 0 aliphatic carbocycles.